The number of benzene rings is 1. The summed E-state index contributed by atoms with van der Waals surface area (Å²) < 4.78 is 32.0. The van der Waals surface area contributed by atoms with E-state index in [1.165, 1.54) is 11.1 Å². The van der Waals surface area contributed by atoms with Crippen LogP contribution in [-0.2, 0) is 30.3 Å². The molecule has 6 rings (SSSR count). The van der Waals surface area contributed by atoms with E-state index >= 15 is 0 Å². The van der Waals surface area contributed by atoms with Crippen molar-refractivity contribution >= 4 is 6.16 Å². The number of carbonyl (C=O) groups is 1. The summed E-state index contributed by atoms with van der Waals surface area (Å²) in [7, 11) is 0. The van der Waals surface area contributed by atoms with E-state index in [1.807, 2.05) is 32.0 Å². The van der Waals surface area contributed by atoms with Crippen molar-refractivity contribution in [1.29, 1.82) is 0 Å². The number of carbonyl (C=O) groups excluding carboxylic acids is 1. The van der Waals surface area contributed by atoms with Gasteiger partial charge in [0.1, 0.15) is 5.60 Å². The van der Waals surface area contributed by atoms with E-state index in [0.29, 0.717) is 19.6 Å². The van der Waals surface area contributed by atoms with Gasteiger partial charge in [-0.2, -0.15) is 0 Å². The first-order valence-corrected chi connectivity index (χ1v) is 13.4. The molecular weight excluding hydrogens is 468 g/mol. The Morgan fingerprint density at radius 3 is 2.51 bits per heavy atom. The molecule has 5 aliphatic rings. The molecule has 0 saturated carbocycles. The average Bonchev–Trinajstić information content (AvgIpc) is 3.33. The quantitative estimate of drug-likeness (QED) is 0.356. The van der Waals surface area contributed by atoms with Gasteiger partial charge >= 0.3 is 6.16 Å². The molecule has 2 aliphatic heterocycles. The van der Waals surface area contributed by atoms with Crippen molar-refractivity contribution < 1.29 is 28.5 Å². The molecule has 2 fully saturated rings. The van der Waals surface area contributed by atoms with Crippen LogP contribution in [0.2, 0.25) is 0 Å². The van der Waals surface area contributed by atoms with E-state index in [1.54, 1.807) is 0 Å². The Morgan fingerprint density at radius 1 is 1.05 bits per heavy atom. The van der Waals surface area contributed by atoms with E-state index < -0.39 is 40.1 Å². The van der Waals surface area contributed by atoms with Crippen molar-refractivity contribution in [3.8, 4) is 0 Å². The van der Waals surface area contributed by atoms with Gasteiger partial charge in [0, 0.05) is 16.7 Å². The van der Waals surface area contributed by atoms with Gasteiger partial charge in [-0.25, -0.2) is 4.79 Å². The van der Waals surface area contributed by atoms with Gasteiger partial charge in [-0.3, -0.25) is 0 Å². The molecule has 2 spiro atoms. The van der Waals surface area contributed by atoms with Crippen molar-refractivity contribution in [3.05, 3.63) is 71.3 Å². The SMILES string of the molecule is CC1=C2/C=C\[C@]3(C)[C@@H](OCc4ccccc4)C=C[C@@]4(COC(C)(C)O4)[C@H]3[C@@H]3OC(=O)O[C@@]3(CC1)C2(C)C. The van der Waals surface area contributed by atoms with Crippen molar-refractivity contribution in [2.45, 2.75) is 90.2 Å². The Balaban J connectivity index is 1.53. The number of fused-ring (bicyclic) bond motifs is 4. The van der Waals surface area contributed by atoms with Gasteiger partial charge in [0.2, 0.25) is 0 Å². The highest BCUT2D eigenvalue weighted by atomic mass is 16.8. The Hall–Kier alpha value is -2.41. The predicted molar refractivity (Wildman–Crippen MR) is 139 cm³/mol. The molecule has 2 heterocycles. The molecule has 6 heteroatoms. The van der Waals surface area contributed by atoms with Gasteiger partial charge in [0.25, 0.3) is 0 Å². The van der Waals surface area contributed by atoms with Crippen LogP contribution in [0.15, 0.2) is 65.8 Å². The van der Waals surface area contributed by atoms with Crippen molar-refractivity contribution in [2.24, 2.45) is 16.7 Å². The zero-order valence-electron chi connectivity index (χ0n) is 22.7. The van der Waals surface area contributed by atoms with Gasteiger partial charge < -0.3 is 23.7 Å². The lowest BCUT2D eigenvalue weighted by Crippen LogP contribution is -2.67. The molecule has 3 aliphatic carbocycles. The van der Waals surface area contributed by atoms with E-state index in [4.69, 9.17) is 23.7 Å². The Morgan fingerprint density at radius 2 is 1.81 bits per heavy atom. The van der Waals surface area contributed by atoms with E-state index in [0.717, 1.165) is 12.0 Å². The molecule has 6 nitrogen and oxygen atoms in total. The fraction of sp³-hybridized carbons (Fsp3) is 0.581. The second-order valence-corrected chi connectivity index (χ2v) is 12.6. The van der Waals surface area contributed by atoms with Gasteiger partial charge in [-0.15, -0.1) is 0 Å². The summed E-state index contributed by atoms with van der Waals surface area (Å²) in [5.41, 5.74) is 0.990. The van der Waals surface area contributed by atoms with Crippen LogP contribution in [0, 0.1) is 16.7 Å². The third-order valence-electron chi connectivity index (χ3n) is 9.64. The first kappa shape index (κ1) is 24.9. The summed E-state index contributed by atoms with van der Waals surface area (Å²) in [4.78, 5) is 13.0. The van der Waals surface area contributed by atoms with Crippen LogP contribution in [0.1, 0.15) is 59.9 Å². The minimum absolute atomic E-state index is 0.272. The third kappa shape index (κ3) is 3.52. The van der Waals surface area contributed by atoms with Crippen LogP contribution in [0.4, 0.5) is 4.79 Å². The van der Waals surface area contributed by atoms with Crippen LogP contribution < -0.4 is 0 Å². The number of ether oxygens (including phenoxy) is 5. The van der Waals surface area contributed by atoms with Crippen LogP contribution >= 0.6 is 0 Å². The van der Waals surface area contributed by atoms with E-state index in [2.05, 4.69) is 64.1 Å². The molecule has 1 aromatic carbocycles. The van der Waals surface area contributed by atoms with Crippen LogP contribution in [0.3, 0.4) is 0 Å². The molecule has 0 unspecified atom stereocenters. The van der Waals surface area contributed by atoms with Crippen LogP contribution in [0.25, 0.3) is 0 Å². The van der Waals surface area contributed by atoms with Crippen LogP contribution in [-0.4, -0.2) is 42.0 Å². The summed E-state index contributed by atoms with van der Waals surface area (Å²) in [6, 6.07) is 10.2. The molecule has 2 bridgehead atoms. The van der Waals surface area contributed by atoms with Crippen LogP contribution in [0.5, 0.6) is 0 Å². The van der Waals surface area contributed by atoms with Gasteiger partial charge in [-0.05, 0) is 44.7 Å². The van der Waals surface area contributed by atoms with Gasteiger partial charge in [-0.1, -0.05) is 81.0 Å². The second-order valence-electron chi connectivity index (χ2n) is 12.6. The molecule has 0 aromatic heterocycles. The molecule has 0 amide bonds. The molecule has 2 saturated heterocycles. The van der Waals surface area contributed by atoms with Gasteiger partial charge in [0.05, 0.1) is 19.3 Å². The van der Waals surface area contributed by atoms with E-state index in [9.17, 15) is 4.79 Å². The second kappa shape index (κ2) is 8.05. The third-order valence-corrected chi connectivity index (χ3v) is 9.64. The smallest absolute Gasteiger partial charge is 0.426 e. The predicted octanol–water partition coefficient (Wildman–Crippen LogP) is 6.27. The van der Waals surface area contributed by atoms with E-state index in [-0.39, 0.29) is 12.0 Å². The molecule has 198 valence electrons. The number of allylic oxidation sites excluding steroid dienone is 2. The first-order chi connectivity index (χ1) is 17.4. The number of hydrogen-bond donors (Lipinski definition) is 0. The normalized spacial score (nSPS) is 41.9. The number of rotatable bonds is 3. The zero-order valence-corrected chi connectivity index (χ0v) is 22.7. The lowest BCUT2D eigenvalue weighted by atomic mass is 9.50. The molecule has 0 N–H and O–H groups in total. The van der Waals surface area contributed by atoms with Crippen molar-refractivity contribution in [3.63, 3.8) is 0 Å². The average molecular weight is 507 g/mol. The maximum absolute atomic E-state index is 13.0. The minimum atomic E-state index is -0.826. The monoisotopic (exact) mass is 506 g/mol. The minimum Gasteiger partial charge on any atom is -0.426 e. The maximum Gasteiger partial charge on any atom is 0.509 e. The Bertz CT molecular complexity index is 1200. The lowest BCUT2D eigenvalue weighted by Gasteiger charge is -2.58. The molecule has 0 radical (unpaired) electrons. The zero-order chi connectivity index (χ0) is 26.3. The highest BCUT2D eigenvalue weighted by Gasteiger charge is 2.72. The highest BCUT2D eigenvalue weighted by molar-refractivity contribution is 5.65. The summed E-state index contributed by atoms with van der Waals surface area (Å²) in [5, 5.41) is 0. The lowest BCUT2D eigenvalue weighted by molar-refractivity contribution is -0.208. The largest absolute Gasteiger partial charge is 0.509 e. The summed E-state index contributed by atoms with van der Waals surface area (Å²) >= 11 is 0. The summed E-state index contributed by atoms with van der Waals surface area (Å²) in [6.07, 6.45) is 8.85. The Labute approximate surface area is 219 Å². The van der Waals surface area contributed by atoms with Crippen molar-refractivity contribution in [2.75, 3.05) is 6.61 Å². The first-order valence-electron chi connectivity index (χ1n) is 13.4. The summed E-state index contributed by atoms with van der Waals surface area (Å²) in [6.45, 7) is 13.5. The summed E-state index contributed by atoms with van der Waals surface area (Å²) in [5.74, 6) is -1.07. The molecule has 37 heavy (non-hydrogen) atoms. The number of hydrogen-bond acceptors (Lipinski definition) is 6. The maximum atomic E-state index is 13.0. The fourth-order valence-corrected chi connectivity index (χ4v) is 7.72. The molecular formula is C31H38O6. The Kier molecular flexibility index (Phi) is 5.41. The topological polar surface area (TPSA) is 63.2 Å². The fourth-order valence-electron chi connectivity index (χ4n) is 7.72. The van der Waals surface area contributed by atoms with Crippen molar-refractivity contribution in [1.82, 2.24) is 0 Å². The molecule has 6 atom stereocenters. The van der Waals surface area contributed by atoms with Gasteiger partial charge in [0.15, 0.2) is 17.5 Å². The standard InChI is InChI=1S/C31H38O6/c1-20-12-17-31-25(35-26(32)36-31)24-29(6,15-13-22(20)27(31,2)3)23(33-18-21-10-8-7-9-11-21)14-16-30(24)19-34-28(4,5)37-30/h7-11,13-16,23-25H,12,17-19H2,1-6H3/b15-13-/t23-,24-,25-,29+,30+,31+/m0/s1. The highest BCUT2D eigenvalue weighted by Crippen LogP contribution is 2.64. The molecule has 1 aromatic rings.